The third kappa shape index (κ3) is 1.98. The fraction of sp³-hybridized carbons (Fsp3) is 0.273. The molecule has 0 aromatic heterocycles. The lowest BCUT2D eigenvalue weighted by molar-refractivity contribution is -0.127. The monoisotopic (exact) mass is 221 g/mol. The van der Waals surface area contributed by atoms with E-state index >= 15 is 0 Å². The molecule has 84 valence electrons. The van der Waals surface area contributed by atoms with E-state index < -0.39 is 0 Å². The van der Waals surface area contributed by atoms with Crippen LogP contribution in [-0.4, -0.2) is 25.4 Å². The van der Waals surface area contributed by atoms with Crippen molar-refractivity contribution >= 4 is 17.4 Å². The lowest BCUT2D eigenvalue weighted by atomic mass is 10.2. The van der Waals surface area contributed by atoms with Crippen molar-refractivity contribution in [1.82, 2.24) is 0 Å². The number of nitrogens with one attached hydrogen (secondary N) is 1. The van der Waals surface area contributed by atoms with Crippen LogP contribution in [0, 0.1) is 0 Å². The summed E-state index contributed by atoms with van der Waals surface area (Å²) in [5.74, 6) is 0.302. The van der Waals surface area contributed by atoms with Gasteiger partial charge in [-0.3, -0.25) is 9.59 Å². The minimum atomic E-state index is -0.331. The lowest BCUT2D eigenvalue weighted by Gasteiger charge is -2.17. The van der Waals surface area contributed by atoms with Gasteiger partial charge in [0.25, 0.3) is 0 Å². The van der Waals surface area contributed by atoms with Gasteiger partial charge >= 0.3 is 0 Å². The molecular weight excluding hydrogens is 210 g/mol. The summed E-state index contributed by atoms with van der Waals surface area (Å²) in [6, 6.07) is 5.15. The number of hydrogen-bond donors (Lipinski definition) is 1. The Morgan fingerprint density at radius 2 is 2.19 bits per heavy atom. The van der Waals surface area contributed by atoms with Gasteiger partial charge in [0.15, 0.2) is 17.3 Å². The van der Waals surface area contributed by atoms with Crippen LogP contribution < -0.4 is 14.8 Å². The molecule has 0 saturated heterocycles. The first-order valence-electron chi connectivity index (χ1n) is 4.82. The standard InChI is InChI=1S/C11H11NO4/c1-15-9-4-2-3-8-11(9)16-6-7(13)5-10(14)12-8/h2-4H,5-6H2,1H3,(H,12,14). The van der Waals surface area contributed by atoms with Crippen molar-refractivity contribution in [2.24, 2.45) is 0 Å². The number of Topliss-reactive ketones (excluding diaryl/α,β-unsaturated/α-hetero) is 1. The molecule has 1 heterocycles. The molecule has 2 rings (SSSR count). The number of benzene rings is 1. The number of anilines is 1. The lowest BCUT2D eigenvalue weighted by Crippen LogP contribution is -2.24. The molecular formula is C11H11NO4. The Morgan fingerprint density at radius 1 is 1.38 bits per heavy atom. The molecule has 1 N–H and O–H groups in total. The van der Waals surface area contributed by atoms with Crippen LogP contribution in [0.3, 0.4) is 0 Å². The highest BCUT2D eigenvalue weighted by molar-refractivity contribution is 6.06. The first-order chi connectivity index (χ1) is 7.70. The maximum atomic E-state index is 11.4. The van der Waals surface area contributed by atoms with Crippen LogP contribution in [0.5, 0.6) is 11.5 Å². The molecule has 0 saturated carbocycles. The molecule has 0 spiro atoms. The summed E-state index contributed by atoms with van der Waals surface area (Å²) < 4.78 is 10.4. The number of ether oxygens (including phenoxy) is 2. The highest BCUT2D eigenvalue weighted by Gasteiger charge is 2.19. The van der Waals surface area contributed by atoms with E-state index in [2.05, 4.69) is 5.32 Å². The second-order valence-electron chi connectivity index (χ2n) is 3.39. The van der Waals surface area contributed by atoms with E-state index in [1.54, 1.807) is 18.2 Å². The van der Waals surface area contributed by atoms with Crippen LogP contribution in [0.1, 0.15) is 6.42 Å². The molecule has 1 amide bonds. The number of rotatable bonds is 1. The van der Waals surface area contributed by atoms with E-state index in [0.29, 0.717) is 17.2 Å². The summed E-state index contributed by atoms with van der Waals surface area (Å²) in [5.41, 5.74) is 0.525. The van der Waals surface area contributed by atoms with Crippen LogP contribution >= 0.6 is 0 Å². The summed E-state index contributed by atoms with van der Waals surface area (Å²) in [7, 11) is 1.50. The van der Waals surface area contributed by atoms with Gasteiger partial charge in [-0.2, -0.15) is 0 Å². The zero-order valence-corrected chi connectivity index (χ0v) is 8.78. The average Bonchev–Trinajstić information content (AvgIpc) is 2.24. The Hall–Kier alpha value is -2.04. The van der Waals surface area contributed by atoms with Gasteiger partial charge in [-0.1, -0.05) is 6.07 Å². The second-order valence-corrected chi connectivity index (χ2v) is 3.39. The van der Waals surface area contributed by atoms with Gasteiger partial charge < -0.3 is 14.8 Å². The smallest absolute Gasteiger partial charge is 0.232 e. The van der Waals surface area contributed by atoms with Crippen molar-refractivity contribution in [3.8, 4) is 11.5 Å². The van der Waals surface area contributed by atoms with E-state index in [-0.39, 0.29) is 24.7 Å². The van der Waals surface area contributed by atoms with Gasteiger partial charge in [-0.25, -0.2) is 0 Å². The van der Waals surface area contributed by atoms with Gasteiger partial charge in [-0.05, 0) is 12.1 Å². The Morgan fingerprint density at radius 3 is 2.94 bits per heavy atom. The summed E-state index contributed by atoms with van der Waals surface area (Å²) in [4.78, 5) is 22.6. The second kappa shape index (κ2) is 4.22. The van der Waals surface area contributed by atoms with Crippen LogP contribution in [0.25, 0.3) is 0 Å². The normalized spacial score (nSPS) is 15.3. The predicted octanol–water partition coefficient (Wildman–Crippen LogP) is 0.985. The molecule has 0 atom stereocenters. The van der Waals surface area contributed by atoms with E-state index in [9.17, 15) is 9.59 Å². The molecule has 1 aliphatic heterocycles. The largest absolute Gasteiger partial charge is 0.493 e. The number of para-hydroxylation sites is 1. The van der Waals surface area contributed by atoms with Crippen molar-refractivity contribution in [3.05, 3.63) is 18.2 Å². The van der Waals surface area contributed by atoms with Crippen molar-refractivity contribution in [1.29, 1.82) is 0 Å². The minimum Gasteiger partial charge on any atom is -0.493 e. The third-order valence-electron chi connectivity index (χ3n) is 2.21. The molecule has 1 aromatic carbocycles. The molecule has 0 fully saturated rings. The number of fused-ring (bicyclic) bond motifs is 1. The van der Waals surface area contributed by atoms with Crippen LogP contribution in [0.2, 0.25) is 0 Å². The maximum Gasteiger partial charge on any atom is 0.232 e. The van der Waals surface area contributed by atoms with E-state index in [1.165, 1.54) is 7.11 Å². The molecule has 1 aromatic rings. The number of hydrogen-bond acceptors (Lipinski definition) is 4. The number of carbonyl (C=O) groups excluding carboxylic acids is 2. The van der Waals surface area contributed by atoms with Crippen LogP contribution in [-0.2, 0) is 9.59 Å². The van der Waals surface area contributed by atoms with E-state index in [4.69, 9.17) is 9.47 Å². The number of carbonyl (C=O) groups is 2. The SMILES string of the molecule is COc1cccc2c1OCC(=O)CC(=O)N2. The van der Waals surface area contributed by atoms with Gasteiger partial charge in [0.1, 0.15) is 6.61 Å². The van der Waals surface area contributed by atoms with Gasteiger partial charge in [0, 0.05) is 0 Å². The fourth-order valence-electron chi connectivity index (χ4n) is 1.50. The minimum absolute atomic E-state index is 0.110. The van der Waals surface area contributed by atoms with Gasteiger partial charge in [-0.15, -0.1) is 0 Å². The number of methoxy groups -OCH3 is 1. The van der Waals surface area contributed by atoms with E-state index in [0.717, 1.165) is 0 Å². The molecule has 16 heavy (non-hydrogen) atoms. The molecule has 5 nitrogen and oxygen atoms in total. The first-order valence-corrected chi connectivity index (χ1v) is 4.82. The summed E-state index contributed by atoms with van der Waals surface area (Å²) in [6.45, 7) is -0.110. The highest BCUT2D eigenvalue weighted by atomic mass is 16.5. The van der Waals surface area contributed by atoms with Crippen LogP contribution in [0.15, 0.2) is 18.2 Å². The third-order valence-corrected chi connectivity index (χ3v) is 2.21. The molecule has 0 bridgehead atoms. The highest BCUT2D eigenvalue weighted by Crippen LogP contribution is 2.35. The van der Waals surface area contributed by atoms with Crippen molar-refractivity contribution in [3.63, 3.8) is 0 Å². The summed E-state index contributed by atoms with van der Waals surface area (Å²) >= 11 is 0. The first kappa shape index (κ1) is 10.5. The van der Waals surface area contributed by atoms with Gasteiger partial charge in [0.2, 0.25) is 5.91 Å². The fourth-order valence-corrected chi connectivity index (χ4v) is 1.50. The Labute approximate surface area is 92.4 Å². The average molecular weight is 221 g/mol. The molecule has 0 unspecified atom stereocenters. The van der Waals surface area contributed by atoms with Crippen molar-refractivity contribution < 1.29 is 19.1 Å². The molecule has 0 radical (unpaired) electrons. The summed E-state index contributed by atoms with van der Waals surface area (Å²) in [5, 5.41) is 2.60. The van der Waals surface area contributed by atoms with E-state index in [1.807, 2.05) is 0 Å². The summed E-state index contributed by atoms with van der Waals surface area (Å²) in [6.07, 6.45) is -0.156. The van der Waals surface area contributed by atoms with Crippen LogP contribution in [0.4, 0.5) is 5.69 Å². The number of ketones is 1. The Kier molecular flexibility index (Phi) is 2.76. The van der Waals surface area contributed by atoms with Crippen molar-refractivity contribution in [2.75, 3.05) is 19.0 Å². The van der Waals surface area contributed by atoms with Crippen molar-refractivity contribution in [2.45, 2.75) is 6.42 Å². The maximum absolute atomic E-state index is 11.4. The Balaban J connectivity index is 2.41. The zero-order valence-electron chi connectivity index (χ0n) is 8.78. The van der Waals surface area contributed by atoms with Gasteiger partial charge in [0.05, 0.1) is 19.2 Å². The molecule has 5 heteroatoms. The topological polar surface area (TPSA) is 64.6 Å². The predicted molar refractivity (Wildman–Crippen MR) is 56.7 cm³/mol. The Bertz CT molecular complexity index is 442. The quantitative estimate of drug-likeness (QED) is 0.718. The molecule has 0 aliphatic carbocycles. The molecule has 1 aliphatic rings. The zero-order chi connectivity index (χ0) is 11.5. The number of amides is 1.